The third-order valence-electron chi connectivity index (χ3n) is 6.85. The largest absolute Gasteiger partial charge is 0.351 e. The Morgan fingerprint density at radius 2 is 1.59 bits per heavy atom. The summed E-state index contributed by atoms with van der Waals surface area (Å²) >= 11 is 6.19. The number of aromatic nitrogens is 1. The minimum Gasteiger partial charge on any atom is -0.351 e. The Bertz CT molecular complexity index is 1270. The second kappa shape index (κ2) is 15.4. The van der Waals surface area contributed by atoms with Gasteiger partial charge in [0.1, 0.15) is 16.4 Å². The maximum atomic E-state index is 12.8. The number of fused-ring (bicyclic) bond motifs is 1. The van der Waals surface area contributed by atoms with E-state index in [1.165, 1.54) is 12.3 Å². The van der Waals surface area contributed by atoms with Crippen LogP contribution in [0.15, 0.2) is 53.3 Å². The number of nitrogens with zero attached hydrogens (tertiary/aromatic N) is 1. The summed E-state index contributed by atoms with van der Waals surface area (Å²) in [6.07, 6.45) is 10.3. The fraction of sp³-hybridized carbons (Fsp3) is 0.433. The number of unbranched alkanes of at least 4 members (excludes halogenated alkanes) is 5. The van der Waals surface area contributed by atoms with Crippen LogP contribution in [0.4, 0.5) is 11.4 Å². The number of carbonyl (C=O) groups is 4. The highest BCUT2D eigenvalue weighted by atomic mass is 35.5. The molecule has 10 nitrogen and oxygen atoms in total. The molecular formula is C30H35ClN4O6. The zero-order valence-corrected chi connectivity index (χ0v) is 23.6. The van der Waals surface area contributed by atoms with Gasteiger partial charge >= 0.3 is 0 Å². The number of anilines is 2. The normalized spacial score (nSPS) is 16.8. The van der Waals surface area contributed by atoms with Crippen molar-refractivity contribution in [2.24, 2.45) is 0 Å². The molecule has 0 radical (unpaired) electrons. The lowest BCUT2D eigenvalue weighted by Crippen LogP contribution is -2.32. The molecule has 218 valence electrons. The molecule has 0 spiro atoms. The molecule has 2 heterocycles. The average molecular weight is 583 g/mol. The van der Waals surface area contributed by atoms with Gasteiger partial charge in [-0.05, 0) is 62.1 Å². The number of hydrogen-bond acceptors (Lipinski definition) is 8. The zero-order valence-electron chi connectivity index (χ0n) is 22.9. The highest BCUT2D eigenvalue weighted by molar-refractivity contribution is 6.50. The Hall–Kier alpha value is -3.60. The summed E-state index contributed by atoms with van der Waals surface area (Å²) in [6, 6.07) is 9.90. The molecule has 1 aromatic carbocycles. The van der Waals surface area contributed by atoms with Gasteiger partial charge in [-0.3, -0.25) is 24.2 Å². The van der Waals surface area contributed by atoms with Crippen molar-refractivity contribution in [3.05, 3.63) is 64.6 Å². The van der Waals surface area contributed by atoms with Crippen molar-refractivity contribution in [3.8, 4) is 0 Å². The monoisotopic (exact) mass is 582 g/mol. The molecule has 0 saturated carbocycles. The highest BCUT2D eigenvalue weighted by Gasteiger charge is 2.32. The van der Waals surface area contributed by atoms with E-state index in [1.807, 2.05) is 0 Å². The van der Waals surface area contributed by atoms with Crippen LogP contribution in [0.25, 0.3) is 0 Å². The molecule has 2 aromatic rings. The topological polar surface area (TPSA) is 136 Å². The predicted molar refractivity (Wildman–Crippen MR) is 154 cm³/mol. The predicted octanol–water partition coefficient (Wildman–Crippen LogP) is 5.66. The van der Waals surface area contributed by atoms with Gasteiger partial charge in [-0.1, -0.05) is 37.3 Å². The minimum absolute atomic E-state index is 0.0262. The summed E-state index contributed by atoms with van der Waals surface area (Å²) in [5, 5.41) is 5.59. The van der Waals surface area contributed by atoms with Crippen LogP contribution in [0.3, 0.4) is 0 Å². The van der Waals surface area contributed by atoms with E-state index < -0.39 is 11.6 Å². The van der Waals surface area contributed by atoms with E-state index in [-0.39, 0.29) is 40.1 Å². The number of nitrogens with one attached hydrogen (secondary N) is 3. The molecule has 11 heteroatoms. The minimum atomic E-state index is -0.459. The van der Waals surface area contributed by atoms with Crippen molar-refractivity contribution in [2.75, 3.05) is 17.2 Å². The number of ether oxygens (including phenoxy) is 1. The van der Waals surface area contributed by atoms with Crippen LogP contribution in [0.1, 0.15) is 91.5 Å². The highest BCUT2D eigenvalue weighted by Crippen LogP contribution is 2.28. The third kappa shape index (κ3) is 8.94. The Balaban J connectivity index is 1.08. The van der Waals surface area contributed by atoms with E-state index >= 15 is 0 Å². The van der Waals surface area contributed by atoms with Gasteiger partial charge in [0.05, 0.1) is 5.56 Å². The number of allylic oxidation sites excluding steroid dienone is 2. The summed E-state index contributed by atoms with van der Waals surface area (Å²) in [5.74, 6) is -1.12. The van der Waals surface area contributed by atoms with Gasteiger partial charge in [-0.25, -0.2) is 10.3 Å². The second-order valence-electron chi connectivity index (χ2n) is 10.1. The van der Waals surface area contributed by atoms with E-state index in [0.717, 1.165) is 57.8 Å². The second-order valence-corrected chi connectivity index (χ2v) is 10.4. The summed E-state index contributed by atoms with van der Waals surface area (Å²) in [5.41, 5.74) is 3.86. The maximum absolute atomic E-state index is 12.8. The van der Waals surface area contributed by atoms with E-state index in [2.05, 4.69) is 21.1 Å². The molecule has 1 saturated heterocycles. The van der Waals surface area contributed by atoms with Gasteiger partial charge < -0.3 is 15.4 Å². The van der Waals surface area contributed by atoms with E-state index in [9.17, 15) is 19.2 Å². The smallest absolute Gasteiger partial charge is 0.243 e. The first-order valence-corrected chi connectivity index (χ1v) is 14.5. The Kier molecular flexibility index (Phi) is 11.4. The molecular weight excluding hydrogens is 548 g/mol. The molecule has 41 heavy (non-hydrogen) atoms. The van der Waals surface area contributed by atoms with Gasteiger partial charge in [0.15, 0.2) is 6.29 Å². The van der Waals surface area contributed by atoms with Crippen LogP contribution in [0.5, 0.6) is 0 Å². The first-order valence-electron chi connectivity index (χ1n) is 14.1. The molecule has 2 aliphatic rings. The van der Waals surface area contributed by atoms with Crippen molar-refractivity contribution in [3.63, 3.8) is 0 Å². The number of amides is 2. The number of ketones is 2. The lowest BCUT2D eigenvalue weighted by molar-refractivity contribution is -0.200. The summed E-state index contributed by atoms with van der Waals surface area (Å²) < 4.78 is 5.41. The molecule has 1 aliphatic carbocycles. The first kappa shape index (κ1) is 30.4. The number of hydroxylamine groups is 1. The SMILES string of the molecule is O=C(CCCCCCCCC(=O)Nc1ccc(NC2=C(Cl)C(=O)c3cccnc3C2=O)cc1)NOC1CCCCO1. The molecule has 1 atom stereocenters. The number of halogens is 1. The first-order chi connectivity index (χ1) is 19.9. The number of benzene rings is 1. The maximum Gasteiger partial charge on any atom is 0.243 e. The fourth-order valence-electron chi connectivity index (χ4n) is 4.60. The van der Waals surface area contributed by atoms with Crippen LogP contribution in [0.2, 0.25) is 0 Å². The molecule has 0 bridgehead atoms. The van der Waals surface area contributed by atoms with Crippen LogP contribution in [0, 0.1) is 0 Å². The van der Waals surface area contributed by atoms with Crippen molar-refractivity contribution in [2.45, 2.75) is 76.9 Å². The Morgan fingerprint density at radius 3 is 2.29 bits per heavy atom. The van der Waals surface area contributed by atoms with Crippen LogP contribution in [-0.4, -0.2) is 41.3 Å². The van der Waals surface area contributed by atoms with Crippen molar-refractivity contribution >= 4 is 46.4 Å². The number of hydrogen-bond donors (Lipinski definition) is 3. The quantitative estimate of drug-likeness (QED) is 0.192. The van der Waals surface area contributed by atoms with Crippen LogP contribution < -0.4 is 16.1 Å². The summed E-state index contributed by atoms with van der Waals surface area (Å²) in [7, 11) is 0. The number of pyridine rings is 1. The molecule has 1 unspecified atom stereocenters. The third-order valence-corrected chi connectivity index (χ3v) is 7.21. The van der Waals surface area contributed by atoms with Crippen LogP contribution in [-0.2, 0) is 19.2 Å². The standard InChI is InChI=1S/C30H35ClN4O6/c31-26-28(30(39)27-22(29(26)38)10-9-18-32-27)34-21-16-14-20(15-17-21)33-23(36)11-5-3-1-2-4-6-12-24(37)35-41-25-13-7-8-19-40-25/h9-10,14-18,25,34H,1-8,11-13,19H2,(H,33,36)(H,35,37). The lowest BCUT2D eigenvalue weighted by atomic mass is 9.97. The van der Waals surface area contributed by atoms with Crippen molar-refractivity contribution in [1.82, 2.24) is 10.5 Å². The molecule has 1 fully saturated rings. The molecule has 2 amide bonds. The van der Waals surface area contributed by atoms with E-state index in [4.69, 9.17) is 21.2 Å². The van der Waals surface area contributed by atoms with Crippen molar-refractivity contribution < 1.29 is 28.8 Å². The molecule has 1 aromatic heterocycles. The number of carbonyl (C=O) groups excluding carboxylic acids is 4. The summed E-state index contributed by atoms with van der Waals surface area (Å²) in [4.78, 5) is 58.8. The van der Waals surface area contributed by atoms with Gasteiger partial charge in [0.2, 0.25) is 23.4 Å². The van der Waals surface area contributed by atoms with E-state index in [0.29, 0.717) is 30.8 Å². The number of rotatable bonds is 14. The Morgan fingerprint density at radius 1 is 0.902 bits per heavy atom. The van der Waals surface area contributed by atoms with Crippen LogP contribution >= 0.6 is 11.6 Å². The molecule has 1 aliphatic heterocycles. The van der Waals surface area contributed by atoms with Gasteiger partial charge in [0.25, 0.3) is 0 Å². The van der Waals surface area contributed by atoms with Gasteiger partial charge in [-0.15, -0.1) is 0 Å². The zero-order chi connectivity index (χ0) is 29.0. The lowest BCUT2D eigenvalue weighted by Gasteiger charge is -2.22. The molecule has 4 rings (SSSR count). The van der Waals surface area contributed by atoms with Crippen molar-refractivity contribution in [1.29, 1.82) is 0 Å². The number of Topliss-reactive ketones (excluding diaryl/α,β-unsaturated/α-hetero) is 2. The average Bonchev–Trinajstić information content (AvgIpc) is 3.00. The van der Waals surface area contributed by atoms with Gasteiger partial charge in [0, 0.05) is 43.4 Å². The van der Waals surface area contributed by atoms with E-state index in [1.54, 1.807) is 30.3 Å². The molecule has 3 N–H and O–H groups in total. The fourth-order valence-corrected chi connectivity index (χ4v) is 4.84. The summed E-state index contributed by atoms with van der Waals surface area (Å²) in [6.45, 7) is 0.672. The Labute approximate surface area is 244 Å². The van der Waals surface area contributed by atoms with Gasteiger partial charge in [-0.2, -0.15) is 0 Å².